The predicted molar refractivity (Wildman–Crippen MR) is 97.9 cm³/mol. The van der Waals surface area contributed by atoms with Gasteiger partial charge in [0.05, 0.1) is 6.61 Å². The molecule has 6 atom stereocenters. The molecule has 0 spiro atoms. The summed E-state index contributed by atoms with van der Waals surface area (Å²) >= 11 is 6.17. The Kier molecular flexibility index (Phi) is 7.54. The first-order valence-electron chi connectivity index (χ1n) is 7.49. The van der Waals surface area contributed by atoms with Gasteiger partial charge in [-0.3, -0.25) is 9.09 Å². The fourth-order valence-electron chi connectivity index (χ4n) is 2.30. The van der Waals surface area contributed by atoms with Crippen LogP contribution in [0, 0.1) is 12.3 Å². The second-order valence-corrected chi connectivity index (χ2v) is 10.7. The van der Waals surface area contributed by atoms with E-state index in [0.29, 0.717) is 4.57 Å². The highest BCUT2D eigenvalue weighted by Crippen LogP contribution is 2.66. The molecule has 1 aromatic heterocycles. The minimum Gasteiger partial charge on any atom is -0.387 e. The summed E-state index contributed by atoms with van der Waals surface area (Å²) in [5.74, 6) is 1.62. The Hall–Kier alpha value is -1.21. The van der Waals surface area contributed by atoms with E-state index in [0.717, 1.165) is 6.33 Å². The molecule has 174 valence electrons. The van der Waals surface area contributed by atoms with Gasteiger partial charge in [-0.05, 0) is 0 Å². The van der Waals surface area contributed by atoms with Crippen LogP contribution in [0.25, 0.3) is 0 Å². The highest BCUT2D eigenvalue weighted by molar-refractivity contribution is 7.66. The molecule has 2 rings (SSSR count). The van der Waals surface area contributed by atoms with Crippen LogP contribution in [-0.2, 0) is 31.6 Å². The topological polar surface area (TPSA) is 263 Å². The molecule has 2 heterocycles. The molecular formula is C10H14ClN4O13P3. The maximum Gasteiger partial charge on any atom is 0.490 e. The van der Waals surface area contributed by atoms with Crippen molar-refractivity contribution in [1.29, 1.82) is 0 Å². The van der Waals surface area contributed by atoms with Crippen LogP contribution in [0.1, 0.15) is 6.23 Å². The minimum atomic E-state index is -5.75. The number of halogens is 1. The van der Waals surface area contributed by atoms with Crippen molar-refractivity contribution < 1.29 is 56.3 Å². The largest absolute Gasteiger partial charge is 0.490 e. The van der Waals surface area contributed by atoms with Gasteiger partial charge in [0.1, 0.15) is 18.5 Å². The summed E-state index contributed by atoms with van der Waals surface area (Å²) in [4.78, 5) is 52.3. The number of terminal acetylenes is 1. The van der Waals surface area contributed by atoms with Crippen LogP contribution >= 0.6 is 35.1 Å². The van der Waals surface area contributed by atoms with E-state index in [2.05, 4.69) is 23.1 Å². The fraction of sp³-hybridized carbons (Fsp3) is 0.500. The molecule has 7 N–H and O–H groups in total. The van der Waals surface area contributed by atoms with Gasteiger partial charge in [0.2, 0.25) is 5.95 Å². The first kappa shape index (κ1) is 26.0. The molecule has 1 aliphatic rings. The van der Waals surface area contributed by atoms with E-state index < -0.39 is 59.1 Å². The zero-order valence-electron chi connectivity index (χ0n) is 14.7. The van der Waals surface area contributed by atoms with Crippen LogP contribution < -0.4 is 11.4 Å². The number of nitrogens with zero attached hydrogens (tertiary/aromatic N) is 3. The number of rotatable bonds is 8. The van der Waals surface area contributed by atoms with Gasteiger partial charge in [-0.15, -0.1) is 6.42 Å². The highest BCUT2D eigenvalue weighted by Gasteiger charge is 2.56. The number of nitrogen functional groups attached to an aromatic ring is 1. The molecule has 17 nitrogen and oxygen atoms in total. The average molecular weight is 527 g/mol. The lowest BCUT2D eigenvalue weighted by Gasteiger charge is -2.25. The third kappa shape index (κ3) is 6.41. The number of ether oxygens (including phenoxy) is 1. The lowest BCUT2D eigenvalue weighted by atomic mass is 10.00. The van der Waals surface area contributed by atoms with Gasteiger partial charge in [-0.1, -0.05) is 17.5 Å². The lowest BCUT2D eigenvalue weighted by molar-refractivity contribution is -0.0458. The summed E-state index contributed by atoms with van der Waals surface area (Å²) in [5.41, 5.74) is 4.26. The normalized spacial score (nSPS) is 30.3. The number of aliphatic hydroxyl groups excluding tert-OH is 1. The van der Waals surface area contributed by atoms with Crippen molar-refractivity contribution in [3.05, 3.63) is 16.8 Å². The third-order valence-corrected chi connectivity index (χ3v) is 7.80. The molecule has 0 saturated carbocycles. The highest BCUT2D eigenvalue weighted by atomic mass is 35.5. The number of aromatic nitrogens is 3. The smallest absolute Gasteiger partial charge is 0.387 e. The number of phosphoric acid groups is 3. The monoisotopic (exact) mass is 526 g/mol. The molecule has 0 amide bonds. The Morgan fingerprint density at radius 1 is 1.29 bits per heavy atom. The van der Waals surface area contributed by atoms with E-state index in [9.17, 15) is 28.5 Å². The van der Waals surface area contributed by atoms with Crippen molar-refractivity contribution in [1.82, 2.24) is 14.5 Å². The predicted octanol–water partition coefficient (Wildman–Crippen LogP) is -1.57. The number of phosphoric ester groups is 1. The molecule has 1 saturated heterocycles. The number of nitrogens with two attached hydrogens (primary N) is 1. The fourth-order valence-corrected chi connectivity index (χ4v) is 5.62. The van der Waals surface area contributed by atoms with Crippen molar-refractivity contribution in [3.63, 3.8) is 0 Å². The number of aliphatic hydroxyl groups is 1. The molecule has 0 aliphatic carbocycles. The van der Waals surface area contributed by atoms with Gasteiger partial charge >= 0.3 is 29.2 Å². The Bertz CT molecular complexity index is 1090. The van der Waals surface area contributed by atoms with Gasteiger partial charge in [0, 0.05) is 0 Å². The second-order valence-electron chi connectivity index (χ2n) is 5.68. The van der Waals surface area contributed by atoms with Gasteiger partial charge < -0.3 is 35.2 Å². The lowest BCUT2D eigenvalue weighted by Crippen LogP contribution is -2.43. The van der Waals surface area contributed by atoms with Crippen LogP contribution in [0.3, 0.4) is 0 Å². The quantitative estimate of drug-likeness (QED) is 0.127. The molecule has 0 aromatic carbocycles. The first-order valence-corrected chi connectivity index (χ1v) is 12.4. The number of anilines is 1. The molecule has 1 aromatic rings. The van der Waals surface area contributed by atoms with Crippen molar-refractivity contribution >= 4 is 41.0 Å². The molecule has 21 heteroatoms. The molecule has 0 bridgehead atoms. The molecule has 1 fully saturated rings. The van der Waals surface area contributed by atoms with Gasteiger partial charge in [-0.2, -0.15) is 13.6 Å². The average Bonchev–Trinajstić information content (AvgIpc) is 2.82. The van der Waals surface area contributed by atoms with Crippen LogP contribution in [0.4, 0.5) is 5.95 Å². The minimum absolute atomic E-state index is 0.384. The summed E-state index contributed by atoms with van der Waals surface area (Å²) in [7, 11) is -16.8. The van der Waals surface area contributed by atoms with Crippen LogP contribution in [0.15, 0.2) is 11.1 Å². The van der Waals surface area contributed by atoms with Gasteiger partial charge in [-0.25, -0.2) is 23.5 Å². The molecule has 1 aliphatic heterocycles. The Balaban J connectivity index is 2.18. The molecule has 3 unspecified atom stereocenters. The zero-order valence-corrected chi connectivity index (χ0v) is 18.2. The third-order valence-electron chi connectivity index (χ3n) is 3.48. The van der Waals surface area contributed by atoms with Crippen LogP contribution in [0.2, 0.25) is 0 Å². The first-order chi connectivity index (χ1) is 14.0. The molecule has 0 radical (unpaired) electrons. The summed E-state index contributed by atoms with van der Waals surface area (Å²) in [5, 5.41) is 10.4. The summed E-state index contributed by atoms with van der Waals surface area (Å²) in [6.45, 7) is -1.07. The Morgan fingerprint density at radius 2 is 1.90 bits per heavy atom. The van der Waals surface area contributed by atoms with E-state index in [-0.39, 0.29) is 5.95 Å². The zero-order chi connectivity index (χ0) is 23.8. The second kappa shape index (κ2) is 8.97. The number of hydrogen-bond acceptors (Lipinski definition) is 12. The van der Waals surface area contributed by atoms with Crippen LogP contribution in [0.5, 0.6) is 0 Å². The number of alkyl halides is 1. The van der Waals surface area contributed by atoms with Gasteiger partial charge in [0.15, 0.2) is 11.1 Å². The number of hydrogen-bond donors (Lipinski definition) is 6. The van der Waals surface area contributed by atoms with E-state index in [1.54, 1.807) is 0 Å². The van der Waals surface area contributed by atoms with E-state index in [1.807, 2.05) is 5.92 Å². The summed E-state index contributed by atoms with van der Waals surface area (Å²) in [6, 6.07) is 0. The SMILES string of the molecule is C#C[C@@]1(Cl)C(O)[C@@H](COP(=O)(O)OP(=O)(O)OP(=O)(O)O)O[C@H]1n1cnc(N)nc1=O. The van der Waals surface area contributed by atoms with Crippen molar-refractivity contribution in [2.75, 3.05) is 12.3 Å². The maximum atomic E-state index is 12.0. The maximum absolute atomic E-state index is 12.0. The van der Waals surface area contributed by atoms with E-state index >= 15 is 0 Å². The molecule has 31 heavy (non-hydrogen) atoms. The van der Waals surface area contributed by atoms with Crippen LogP contribution in [-0.4, -0.2) is 62.9 Å². The summed E-state index contributed by atoms with van der Waals surface area (Å²) < 4.78 is 51.2. The van der Waals surface area contributed by atoms with E-state index in [1.165, 1.54) is 0 Å². The Morgan fingerprint density at radius 3 is 2.42 bits per heavy atom. The van der Waals surface area contributed by atoms with Crippen molar-refractivity contribution in [2.24, 2.45) is 0 Å². The standard InChI is InChI=1S/C10H14ClN4O13P3/c1-2-10(11)6(16)5(26-7(10)15-4-13-8(12)14-9(15)17)3-25-30(21,22)28-31(23,24)27-29(18,19)20/h1,4-7,16H,3H2,(H,21,22)(H,23,24)(H2,12,14,17)(H2,18,19,20)/t5-,6?,7-,10-/m1/s1. The Labute approximate surface area is 177 Å². The van der Waals surface area contributed by atoms with Crippen molar-refractivity contribution in [2.45, 2.75) is 23.3 Å². The summed E-state index contributed by atoms with van der Waals surface area (Å²) in [6.07, 6.45) is 1.10. The van der Waals surface area contributed by atoms with E-state index in [4.69, 9.17) is 43.2 Å². The van der Waals surface area contributed by atoms with Crippen molar-refractivity contribution in [3.8, 4) is 12.3 Å². The van der Waals surface area contributed by atoms with Gasteiger partial charge in [0.25, 0.3) is 0 Å². The molecular weight excluding hydrogens is 513 g/mol.